The Bertz CT molecular complexity index is 1020. The van der Waals surface area contributed by atoms with Crippen molar-refractivity contribution >= 4 is 5.91 Å². The van der Waals surface area contributed by atoms with Crippen LogP contribution in [0, 0.1) is 6.92 Å². The van der Waals surface area contributed by atoms with E-state index in [1.807, 2.05) is 36.4 Å². The second-order valence-corrected chi connectivity index (χ2v) is 7.25. The van der Waals surface area contributed by atoms with Crippen molar-refractivity contribution < 1.29 is 18.9 Å². The lowest BCUT2D eigenvalue weighted by molar-refractivity contribution is -0.138. The molecule has 1 aromatic carbocycles. The molecule has 8 heteroatoms. The van der Waals surface area contributed by atoms with E-state index in [0.29, 0.717) is 37.5 Å². The van der Waals surface area contributed by atoms with Gasteiger partial charge in [0.15, 0.2) is 0 Å². The average Bonchev–Trinajstić information content (AvgIpc) is 3.18. The summed E-state index contributed by atoms with van der Waals surface area (Å²) in [5.74, 6) is 0.806. The Labute approximate surface area is 174 Å². The number of morpholine rings is 1. The fraction of sp³-hybridized carbons (Fsp3) is 0.364. The second-order valence-electron chi connectivity index (χ2n) is 7.25. The first-order chi connectivity index (χ1) is 14.6. The van der Waals surface area contributed by atoms with Gasteiger partial charge in [-0.15, -0.1) is 0 Å². The minimum Gasteiger partial charge on any atom is -0.497 e. The Kier molecular flexibility index (Phi) is 6.04. The second kappa shape index (κ2) is 9.04. The Hall–Kier alpha value is -3.26. The largest absolute Gasteiger partial charge is 0.497 e. The Balaban J connectivity index is 1.43. The first-order valence-electron chi connectivity index (χ1n) is 9.88. The van der Waals surface area contributed by atoms with Gasteiger partial charge in [0, 0.05) is 18.7 Å². The standard InChI is InChI=1S/C22H24N4O4/c1-15-20(25-30-24-15)13-22(27)26-9-10-29-21(14-26)19-8-4-6-17(23-19)11-16-5-3-7-18(12-16)28-2/h3-8,12,21H,9-11,13-14H2,1-2H3. The van der Waals surface area contributed by atoms with Crippen molar-refractivity contribution in [2.75, 3.05) is 26.8 Å². The van der Waals surface area contributed by atoms with Crippen molar-refractivity contribution in [2.24, 2.45) is 0 Å². The maximum atomic E-state index is 12.7. The third kappa shape index (κ3) is 4.65. The van der Waals surface area contributed by atoms with Gasteiger partial charge in [0.05, 0.1) is 32.4 Å². The molecular weight excluding hydrogens is 384 g/mol. The zero-order chi connectivity index (χ0) is 20.9. The number of aromatic nitrogens is 3. The number of ether oxygens (including phenoxy) is 2. The van der Waals surface area contributed by atoms with E-state index in [1.165, 1.54) is 0 Å². The molecule has 1 aliphatic heterocycles. The van der Waals surface area contributed by atoms with Gasteiger partial charge in [-0.2, -0.15) is 0 Å². The van der Waals surface area contributed by atoms with Crippen LogP contribution in [0.5, 0.6) is 5.75 Å². The molecule has 30 heavy (non-hydrogen) atoms. The van der Waals surface area contributed by atoms with Gasteiger partial charge >= 0.3 is 0 Å². The van der Waals surface area contributed by atoms with Crippen LogP contribution >= 0.6 is 0 Å². The van der Waals surface area contributed by atoms with E-state index in [1.54, 1.807) is 18.9 Å². The summed E-state index contributed by atoms with van der Waals surface area (Å²) in [7, 11) is 1.66. The number of amides is 1. The summed E-state index contributed by atoms with van der Waals surface area (Å²) in [5.41, 5.74) is 4.10. The lowest BCUT2D eigenvalue weighted by Crippen LogP contribution is -2.43. The number of rotatable bonds is 6. The number of carbonyl (C=O) groups excluding carboxylic acids is 1. The van der Waals surface area contributed by atoms with Gasteiger partial charge < -0.3 is 14.4 Å². The molecule has 1 amide bonds. The molecule has 1 fully saturated rings. The third-order valence-electron chi connectivity index (χ3n) is 5.16. The molecule has 156 valence electrons. The number of methoxy groups -OCH3 is 1. The van der Waals surface area contributed by atoms with Crippen LogP contribution in [0.1, 0.15) is 34.4 Å². The summed E-state index contributed by atoms with van der Waals surface area (Å²) >= 11 is 0. The minimum absolute atomic E-state index is 0.0189. The fourth-order valence-corrected chi connectivity index (χ4v) is 3.49. The van der Waals surface area contributed by atoms with Crippen molar-refractivity contribution in [3.8, 4) is 5.75 Å². The summed E-state index contributed by atoms with van der Waals surface area (Å²) < 4.78 is 15.9. The van der Waals surface area contributed by atoms with Crippen LogP contribution in [-0.4, -0.2) is 52.9 Å². The predicted molar refractivity (Wildman–Crippen MR) is 108 cm³/mol. The highest BCUT2D eigenvalue weighted by Gasteiger charge is 2.27. The van der Waals surface area contributed by atoms with E-state index < -0.39 is 0 Å². The van der Waals surface area contributed by atoms with Gasteiger partial charge in [-0.05, 0) is 36.8 Å². The molecule has 0 saturated carbocycles. The molecule has 0 spiro atoms. The van der Waals surface area contributed by atoms with E-state index in [-0.39, 0.29) is 18.4 Å². The van der Waals surface area contributed by atoms with E-state index in [2.05, 4.69) is 21.0 Å². The fourth-order valence-electron chi connectivity index (χ4n) is 3.49. The molecule has 0 radical (unpaired) electrons. The van der Waals surface area contributed by atoms with Crippen molar-refractivity contribution in [3.05, 3.63) is 70.8 Å². The summed E-state index contributed by atoms with van der Waals surface area (Å²) in [6, 6.07) is 13.9. The van der Waals surface area contributed by atoms with E-state index in [0.717, 1.165) is 22.7 Å². The van der Waals surface area contributed by atoms with Crippen LogP contribution in [0.15, 0.2) is 47.1 Å². The summed E-state index contributed by atoms with van der Waals surface area (Å²) in [6.07, 6.45) is 0.606. The molecule has 1 atom stereocenters. The molecular formula is C22H24N4O4. The molecule has 4 rings (SSSR count). The first kappa shape index (κ1) is 20.0. The SMILES string of the molecule is COc1cccc(Cc2cccc(C3CN(C(=O)Cc4nonc4C)CCO3)n2)c1. The van der Waals surface area contributed by atoms with Crippen LogP contribution in [-0.2, 0) is 22.4 Å². The van der Waals surface area contributed by atoms with Gasteiger partial charge in [0.1, 0.15) is 23.2 Å². The molecule has 2 aromatic heterocycles. The van der Waals surface area contributed by atoms with Gasteiger partial charge in [-0.25, -0.2) is 4.63 Å². The van der Waals surface area contributed by atoms with Crippen LogP contribution in [0.25, 0.3) is 0 Å². The maximum absolute atomic E-state index is 12.7. The summed E-state index contributed by atoms with van der Waals surface area (Å²) in [6.45, 7) is 3.25. The first-order valence-corrected chi connectivity index (χ1v) is 9.88. The molecule has 0 aliphatic carbocycles. The lowest BCUT2D eigenvalue weighted by Gasteiger charge is -2.32. The normalized spacial score (nSPS) is 16.5. The Morgan fingerprint density at radius 1 is 1.23 bits per heavy atom. The minimum atomic E-state index is -0.260. The van der Waals surface area contributed by atoms with E-state index >= 15 is 0 Å². The number of pyridine rings is 1. The number of hydrogen-bond donors (Lipinski definition) is 0. The Morgan fingerprint density at radius 2 is 2.10 bits per heavy atom. The summed E-state index contributed by atoms with van der Waals surface area (Å²) in [4.78, 5) is 19.3. The number of hydrogen-bond acceptors (Lipinski definition) is 7. The molecule has 1 aliphatic rings. The highest BCUT2D eigenvalue weighted by atomic mass is 16.6. The number of aryl methyl sites for hydroxylation is 1. The zero-order valence-corrected chi connectivity index (χ0v) is 17.1. The summed E-state index contributed by atoms with van der Waals surface area (Å²) in [5, 5.41) is 7.54. The van der Waals surface area contributed by atoms with Crippen LogP contribution in [0.3, 0.4) is 0 Å². The van der Waals surface area contributed by atoms with Gasteiger partial charge in [0.25, 0.3) is 0 Å². The van der Waals surface area contributed by atoms with Crippen molar-refractivity contribution in [3.63, 3.8) is 0 Å². The van der Waals surface area contributed by atoms with Crippen LogP contribution in [0.4, 0.5) is 0 Å². The lowest BCUT2D eigenvalue weighted by atomic mass is 10.1. The van der Waals surface area contributed by atoms with Crippen molar-refractivity contribution in [2.45, 2.75) is 25.9 Å². The number of nitrogens with zero attached hydrogens (tertiary/aromatic N) is 4. The van der Waals surface area contributed by atoms with Crippen molar-refractivity contribution in [1.82, 2.24) is 20.2 Å². The topological polar surface area (TPSA) is 90.6 Å². The molecule has 1 saturated heterocycles. The van der Waals surface area contributed by atoms with E-state index in [4.69, 9.17) is 14.5 Å². The molecule has 8 nitrogen and oxygen atoms in total. The molecule has 0 bridgehead atoms. The number of benzene rings is 1. The van der Waals surface area contributed by atoms with E-state index in [9.17, 15) is 4.79 Å². The molecule has 3 aromatic rings. The van der Waals surface area contributed by atoms with Crippen LogP contribution in [0.2, 0.25) is 0 Å². The van der Waals surface area contributed by atoms with Gasteiger partial charge in [-0.1, -0.05) is 28.5 Å². The smallest absolute Gasteiger partial charge is 0.228 e. The van der Waals surface area contributed by atoms with Gasteiger partial charge in [0.2, 0.25) is 5.91 Å². The van der Waals surface area contributed by atoms with Gasteiger partial charge in [-0.3, -0.25) is 9.78 Å². The monoisotopic (exact) mass is 408 g/mol. The quantitative estimate of drug-likeness (QED) is 0.619. The predicted octanol–water partition coefficient (Wildman–Crippen LogP) is 2.52. The molecule has 3 heterocycles. The molecule has 1 unspecified atom stereocenters. The third-order valence-corrected chi connectivity index (χ3v) is 5.16. The maximum Gasteiger partial charge on any atom is 0.228 e. The Morgan fingerprint density at radius 3 is 2.90 bits per heavy atom. The zero-order valence-electron chi connectivity index (χ0n) is 17.1. The van der Waals surface area contributed by atoms with Crippen LogP contribution < -0.4 is 4.74 Å². The molecule has 0 N–H and O–H groups in total. The van der Waals surface area contributed by atoms with Crippen molar-refractivity contribution in [1.29, 1.82) is 0 Å². The number of carbonyl (C=O) groups is 1. The highest BCUT2D eigenvalue weighted by molar-refractivity contribution is 5.78. The highest BCUT2D eigenvalue weighted by Crippen LogP contribution is 2.23. The average molecular weight is 408 g/mol.